The molecule has 1 aromatic rings. The highest BCUT2D eigenvalue weighted by Gasteiger charge is 2.69. The summed E-state index contributed by atoms with van der Waals surface area (Å²) in [6, 6.07) is 11.2. The van der Waals surface area contributed by atoms with Gasteiger partial charge < -0.3 is 4.74 Å². The third-order valence-electron chi connectivity index (χ3n) is 6.62. The van der Waals surface area contributed by atoms with Crippen molar-refractivity contribution in [1.82, 2.24) is 0 Å². The first-order chi connectivity index (χ1) is 14.3. The fraction of sp³-hybridized carbons (Fsp3) is 0.560. The van der Waals surface area contributed by atoms with Crippen molar-refractivity contribution in [3.05, 3.63) is 52.2 Å². The summed E-state index contributed by atoms with van der Waals surface area (Å²) in [6.07, 6.45) is 0. The fourth-order valence-electron chi connectivity index (χ4n) is 5.76. The number of carbonyl (C=O) groups is 1. The first-order valence-electron chi connectivity index (χ1n) is 11.7. The number of hydrogen-bond acceptors (Lipinski definition) is 2. The molecule has 1 aliphatic heterocycles. The average molecular weight is 521 g/mol. The van der Waals surface area contributed by atoms with Crippen LogP contribution < -0.4 is 0 Å². The van der Waals surface area contributed by atoms with Crippen molar-refractivity contribution in [2.24, 2.45) is 5.41 Å². The largest absolute Gasteiger partial charge is 0.466 e. The summed E-state index contributed by atoms with van der Waals surface area (Å²) in [7, 11) is -3.91. The summed E-state index contributed by atoms with van der Waals surface area (Å²) in [5.74, 6) is 2.42. The molecule has 32 heavy (non-hydrogen) atoms. The van der Waals surface area contributed by atoms with E-state index in [9.17, 15) is 4.79 Å². The number of esters is 1. The SMILES string of the molecule is COC(=O)/C(=C/P1C(C(C)(C)C)=C(c2ccccc2)[Si]1([Si](C)(C)C)[Si](C)(C)C)[Si](C)(C)C. The summed E-state index contributed by atoms with van der Waals surface area (Å²) in [6.45, 7) is 27.9. The zero-order chi connectivity index (χ0) is 24.9. The van der Waals surface area contributed by atoms with E-state index in [1.165, 1.54) is 5.56 Å². The quantitative estimate of drug-likeness (QED) is 0.163. The molecular weight excluding hydrogens is 476 g/mol. The second-order valence-electron chi connectivity index (χ2n) is 13.2. The van der Waals surface area contributed by atoms with Crippen LogP contribution in [0.2, 0.25) is 58.9 Å². The lowest BCUT2D eigenvalue weighted by Crippen LogP contribution is -2.74. The van der Waals surface area contributed by atoms with Gasteiger partial charge in [0.05, 0.1) is 15.2 Å². The molecule has 0 amide bonds. The molecule has 1 aliphatic rings. The third-order valence-corrected chi connectivity index (χ3v) is 65.6. The van der Waals surface area contributed by atoms with Crippen LogP contribution in [0.3, 0.4) is 0 Å². The molecule has 0 saturated heterocycles. The van der Waals surface area contributed by atoms with Gasteiger partial charge in [0.25, 0.3) is 0 Å². The predicted octanol–water partition coefficient (Wildman–Crippen LogP) is 8.19. The van der Waals surface area contributed by atoms with E-state index in [0.29, 0.717) is 0 Å². The van der Waals surface area contributed by atoms with Crippen molar-refractivity contribution in [3.63, 3.8) is 0 Å². The van der Waals surface area contributed by atoms with Crippen LogP contribution in [-0.4, -0.2) is 43.1 Å². The summed E-state index contributed by atoms with van der Waals surface area (Å²) >= 11 is 0. The van der Waals surface area contributed by atoms with Gasteiger partial charge in [0, 0.05) is 20.4 Å². The highest BCUT2D eigenvalue weighted by atomic mass is 31.5. The Morgan fingerprint density at radius 3 is 1.72 bits per heavy atom. The number of ether oxygens (including phenoxy) is 1. The van der Waals surface area contributed by atoms with E-state index in [-0.39, 0.29) is 11.4 Å². The van der Waals surface area contributed by atoms with Gasteiger partial charge in [-0.05, 0) is 21.5 Å². The highest BCUT2D eigenvalue weighted by molar-refractivity contribution is 8.26. The van der Waals surface area contributed by atoms with Crippen LogP contribution in [0.4, 0.5) is 0 Å². The molecule has 0 saturated carbocycles. The zero-order valence-electron chi connectivity index (χ0n) is 22.7. The van der Waals surface area contributed by atoms with E-state index in [2.05, 4.69) is 116 Å². The van der Waals surface area contributed by atoms with Crippen LogP contribution in [-0.2, 0) is 9.53 Å². The fourth-order valence-corrected chi connectivity index (χ4v) is 76.8. The van der Waals surface area contributed by atoms with Crippen molar-refractivity contribution in [1.29, 1.82) is 0 Å². The minimum absolute atomic E-state index is 0.0872. The topological polar surface area (TPSA) is 26.3 Å². The molecule has 1 heterocycles. The Hall–Kier alpha value is -0.532. The van der Waals surface area contributed by atoms with Gasteiger partial charge in [-0.25, -0.2) is 4.79 Å². The Morgan fingerprint density at radius 2 is 1.38 bits per heavy atom. The molecule has 0 fully saturated rings. The summed E-state index contributed by atoms with van der Waals surface area (Å²) in [5, 5.41) is 4.41. The first-order valence-corrected chi connectivity index (χ1v) is 28.5. The van der Waals surface area contributed by atoms with Gasteiger partial charge in [0.2, 0.25) is 0 Å². The number of allylic oxidation sites excluding steroid dienone is 1. The maximum Gasteiger partial charge on any atom is 0.329 e. The molecule has 1 aromatic carbocycles. The standard InChI is InChI=1S/C25H45O2PSi4/c1-25(2,3)23-22(20-17-15-14-16-18-20)32(30(8,9)10,31(11,12)13)28(23)19-21(24(26)27-4)29(5,6)7/h14-19H,1-13H3/b21-19-. The number of benzene rings is 1. The van der Waals surface area contributed by atoms with E-state index < -0.39 is 37.5 Å². The van der Waals surface area contributed by atoms with Gasteiger partial charge >= 0.3 is 5.97 Å². The van der Waals surface area contributed by atoms with Crippen molar-refractivity contribution in [3.8, 4) is 0 Å². The normalized spacial score (nSPS) is 20.2. The molecule has 0 radical (unpaired) electrons. The average Bonchev–Trinajstić information content (AvgIpc) is 2.56. The van der Waals surface area contributed by atoms with Gasteiger partial charge in [-0.3, -0.25) is 0 Å². The molecule has 0 spiro atoms. The molecule has 2 nitrogen and oxygen atoms in total. The van der Waals surface area contributed by atoms with Crippen LogP contribution in [0, 0.1) is 5.41 Å². The molecule has 2 rings (SSSR count). The van der Waals surface area contributed by atoms with Gasteiger partial charge in [-0.2, -0.15) is 0 Å². The van der Waals surface area contributed by atoms with E-state index in [0.717, 1.165) is 5.20 Å². The Kier molecular flexibility index (Phi) is 7.72. The van der Waals surface area contributed by atoms with E-state index in [4.69, 9.17) is 4.74 Å². The van der Waals surface area contributed by atoms with Crippen LogP contribution in [0.5, 0.6) is 0 Å². The Balaban J connectivity index is 3.08. The minimum atomic E-state index is -1.86. The molecule has 0 aliphatic carbocycles. The van der Waals surface area contributed by atoms with Crippen LogP contribution >= 0.6 is 7.47 Å². The summed E-state index contributed by atoms with van der Waals surface area (Å²) < 4.78 is 5.34. The lowest BCUT2D eigenvalue weighted by molar-refractivity contribution is -0.135. The first kappa shape index (κ1) is 27.7. The molecule has 178 valence electrons. The summed E-state index contributed by atoms with van der Waals surface area (Å²) in [5.41, 5.74) is 1.54. The van der Waals surface area contributed by atoms with E-state index in [1.807, 2.05) is 0 Å². The smallest absolute Gasteiger partial charge is 0.329 e. The monoisotopic (exact) mass is 520 g/mol. The maximum atomic E-state index is 13.0. The Labute approximate surface area is 202 Å². The number of rotatable bonds is 6. The summed E-state index contributed by atoms with van der Waals surface area (Å²) in [4.78, 5) is 13.0. The predicted molar refractivity (Wildman–Crippen MR) is 156 cm³/mol. The number of hydrogen-bond donors (Lipinski definition) is 0. The Bertz CT molecular complexity index is 910. The molecule has 1 unspecified atom stereocenters. The van der Waals surface area contributed by atoms with E-state index >= 15 is 0 Å². The molecule has 0 aromatic heterocycles. The second kappa shape index (κ2) is 8.92. The Morgan fingerprint density at radius 1 is 0.906 bits per heavy atom. The molecule has 1 atom stereocenters. The van der Waals surface area contributed by atoms with Crippen molar-refractivity contribution in [2.45, 2.75) is 79.7 Å². The maximum absolute atomic E-state index is 13.0. The molecule has 0 N–H and O–H groups in total. The van der Waals surface area contributed by atoms with Crippen LogP contribution in [0.1, 0.15) is 26.3 Å². The number of methoxy groups -OCH3 is 1. The second-order valence-corrected chi connectivity index (χ2v) is 51.6. The highest BCUT2D eigenvalue weighted by Crippen LogP contribution is 2.78. The van der Waals surface area contributed by atoms with Gasteiger partial charge in [0.1, 0.15) is 6.78 Å². The zero-order valence-corrected chi connectivity index (χ0v) is 27.6. The van der Waals surface area contributed by atoms with Crippen molar-refractivity contribution < 1.29 is 9.53 Å². The minimum Gasteiger partial charge on any atom is -0.466 e. The van der Waals surface area contributed by atoms with Crippen molar-refractivity contribution in [2.75, 3.05) is 7.11 Å². The third kappa shape index (κ3) is 4.68. The van der Waals surface area contributed by atoms with Gasteiger partial charge in [0.15, 0.2) is 0 Å². The van der Waals surface area contributed by atoms with Crippen LogP contribution in [0.15, 0.2) is 46.7 Å². The molecule has 0 bridgehead atoms. The number of carbonyl (C=O) groups excluding carboxylic acids is 1. The van der Waals surface area contributed by atoms with E-state index in [1.54, 1.807) is 17.6 Å². The lowest BCUT2D eigenvalue weighted by Gasteiger charge is -2.65. The molecule has 7 heteroatoms. The van der Waals surface area contributed by atoms with Crippen molar-refractivity contribution >= 4 is 48.7 Å². The van der Waals surface area contributed by atoms with Gasteiger partial charge in [-0.15, -0.1) is 0 Å². The molecular formula is C25H45O2PSi4. The lowest BCUT2D eigenvalue weighted by atomic mass is 9.94. The van der Waals surface area contributed by atoms with Crippen LogP contribution in [0.25, 0.3) is 5.20 Å². The van der Waals surface area contributed by atoms with Gasteiger partial charge in [-0.1, -0.05) is 123 Å².